The molecule has 0 radical (unpaired) electrons. The summed E-state index contributed by atoms with van der Waals surface area (Å²) in [4.78, 5) is 11.3. The highest BCUT2D eigenvalue weighted by Gasteiger charge is 2.32. The van der Waals surface area contributed by atoms with E-state index in [0.29, 0.717) is 0 Å². The van der Waals surface area contributed by atoms with Crippen molar-refractivity contribution in [3.05, 3.63) is 0 Å². The molecule has 84 valence electrons. The third-order valence-corrected chi connectivity index (χ3v) is 2.39. The standard InChI is InChI=1S/C12H18O3/c1-11(2,3)10(13)15-9-5-8-12(14)6-4-7-12/h14H,4,6-7,9H2,1-3H3. The summed E-state index contributed by atoms with van der Waals surface area (Å²) in [5.41, 5.74) is -1.30. The lowest BCUT2D eigenvalue weighted by molar-refractivity contribution is -0.151. The molecule has 3 heteroatoms. The molecule has 1 aliphatic carbocycles. The summed E-state index contributed by atoms with van der Waals surface area (Å²) in [6.45, 7) is 5.45. The van der Waals surface area contributed by atoms with E-state index >= 15 is 0 Å². The van der Waals surface area contributed by atoms with Crippen LogP contribution in [0.5, 0.6) is 0 Å². The highest BCUT2D eigenvalue weighted by Crippen LogP contribution is 2.30. The monoisotopic (exact) mass is 210 g/mol. The molecule has 1 N–H and O–H groups in total. The second-order valence-corrected chi connectivity index (χ2v) is 5.01. The van der Waals surface area contributed by atoms with Gasteiger partial charge in [0.1, 0.15) is 5.60 Å². The molecule has 0 saturated heterocycles. The number of hydrogen-bond donors (Lipinski definition) is 1. The van der Waals surface area contributed by atoms with Crippen LogP contribution in [0.4, 0.5) is 0 Å². The lowest BCUT2D eigenvalue weighted by atomic mass is 9.81. The summed E-state index contributed by atoms with van der Waals surface area (Å²) in [5.74, 6) is 5.15. The molecule has 1 aliphatic rings. The molecule has 1 saturated carbocycles. The zero-order chi connectivity index (χ0) is 11.5. The van der Waals surface area contributed by atoms with Crippen molar-refractivity contribution in [3.63, 3.8) is 0 Å². The fraction of sp³-hybridized carbons (Fsp3) is 0.750. The topological polar surface area (TPSA) is 46.5 Å². The Labute approximate surface area is 90.8 Å². The molecule has 1 rings (SSSR count). The largest absolute Gasteiger partial charge is 0.452 e. The van der Waals surface area contributed by atoms with Crippen molar-refractivity contribution >= 4 is 5.97 Å². The molecule has 0 unspecified atom stereocenters. The summed E-state index contributed by atoms with van der Waals surface area (Å²) < 4.78 is 4.95. The van der Waals surface area contributed by atoms with Crippen LogP contribution in [-0.4, -0.2) is 23.3 Å². The van der Waals surface area contributed by atoms with E-state index in [0.717, 1.165) is 19.3 Å². The molecule has 15 heavy (non-hydrogen) atoms. The van der Waals surface area contributed by atoms with Gasteiger partial charge in [0.2, 0.25) is 0 Å². The van der Waals surface area contributed by atoms with Gasteiger partial charge in [0.05, 0.1) is 5.41 Å². The van der Waals surface area contributed by atoms with Gasteiger partial charge in [0, 0.05) is 0 Å². The number of aliphatic hydroxyl groups is 1. The van der Waals surface area contributed by atoms with E-state index in [1.807, 2.05) is 0 Å². The molecule has 0 bridgehead atoms. The van der Waals surface area contributed by atoms with Gasteiger partial charge < -0.3 is 9.84 Å². The zero-order valence-electron chi connectivity index (χ0n) is 9.59. The van der Waals surface area contributed by atoms with Crippen molar-refractivity contribution < 1.29 is 14.6 Å². The Balaban J connectivity index is 2.30. The van der Waals surface area contributed by atoms with Gasteiger partial charge >= 0.3 is 5.97 Å². The van der Waals surface area contributed by atoms with Crippen molar-refractivity contribution in [1.82, 2.24) is 0 Å². The van der Waals surface area contributed by atoms with Gasteiger partial charge in [-0.2, -0.15) is 0 Å². The maximum Gasteiger partial charge on any atom is 0.312 e. The Morgan fingerprint density at radius 3 is 2.47 bits per heavy atom. The van der Waals surface area contributed by atoms with Gasteiger partial charge in [-0.15, -0.1) is 0 Å². The van der Waals surface area contributed by atoms with Gasteiger partial charge in [0.15, 0.2) is 6.61 Å². The summed E-state index contributed by atoms with van der Waals surface area (Å²) in [5, 5.41) is 9.62. The van der Waals surface area contributed by atoms with E-state index in [-0.39, 0.29) is 12.6 Å². The van der Waals surface area contributed by atoms with E-state index in [2.05, 4.69) is 11.8 Å². The van der Waals surface area contributed by atoms with Gasteiger partial charge in [0.25, 0.3) is 0 Å². The minimum absolute atomic E-state index is 0.0679. The lowest BCUT2D eigenvalue weighted by Gasteiger charge is -2.30. The quantitative estimate of drug-likeness (QED) is 0.527. The molecule has 0 aromatic heterocycles. The third-order valence-electron chi connectivity index (χ3n) is 2.39. The minimum Gasteiger partial charge on any atom is -0.452 e. The predicted octanol–water partition coefficient (Wildman–Crippen LogP) is 1.49. The Hall–Kier alpha value is -1.01. The summed E-state index contributed by atoms with van der Waals surface area (Å²) in [7, 11) is 0. The second kappa shape index (κ2) is 4.24. The van der Waals surface area contributed by atoms with Crippen LogP contribution < -0.4 is 0 Å². The van der Waals surface area contributed by atoms with Crippen LogP contribution in [0.15, 0.2) is 0 Å². The second-order valence-electron chi connectivity index (χ2n) is 5.01. The summed E-state index contributed by atoms with van der Waals surface area (Å²) in [6.07, 6.45) is 2.48. The van der Waals surface area contributed by atoms with Crippen LogP contribution in [0.2, 0.25) is 0 Å². The number of esters is 1. The van der Waals surface area contributed by atoms with E-state index in [1.165, 1.54) is 0 Å². The smallest absolute Gasteiger partial charge is 0.312 e. The molecule has 0 aromatic rings. The van der Waals surface area contributed by atoms with Crippen molar-refractivity contribution in [2.75, 3.05) is 6.61 Å². The SMILES string of the molecule is CC(C)(C)C(=O)OCC#CC1(O)CCC1. The van der Waals surface area contributed by atoms with Gasteiger partial charge in [-0.1, -0.05) is 11.8 Å². The van der Waals surface area contributed by atoms with E-state index in [1.54, 1.807) is 20.8 Å². The predicted molar refractivity (Wildman–Crippen MR) is 57.0 cm³/mol. The maximum absolute atomic E-state index is 11.3. The molecule has 0 amide bonds. The number of carbonyl (C=O) groups is 1. The molecule has 0 aromatic carbocycles. The highest BCUT2D eigenvalue weighted by atomic mass is 16.5. The Morgan fingerprint density at radius 2 is 2.07 bits per heavy atom. The molecule has 1 fully saturated rings. The average Bonchev–Trinajstić information content (AvgIpc) is 2.07. The van der Waals surface area contributed by atoms with Crippen LogP contribution in [0, 0.1) is 17.3 Å². The van der Waals surface area contributed by atoms with Gasteiger partial charge in [-0.3, -0.25) is 4.79 Å². The minimum atomic E-state index is -0.811. The lowest BCUT2D eigenvalue weighted by Crippen LogP contribution is -2.34. The Morgan fingerprint density at radius 1 is 1.47 bits per heavy atom. The van der Waals surface area contributed by atoms with Crippen LogP contribution in [-0.2, 0) is 9.53 Å². The van der Waals surface area contributed by atoms with Crippen LogP contribution >= 0.6 is 0 Å². The fourth-order valence-corrected chi connectivity index (χ4v) is 1.16. The molecule has 0 atom stereocenters. The first-order chi connectivity index (χ1) is 6.83. The van der Waals surface area contributed by atoms with Crippen LogP contribution in [0.1, 0.15) is 40.0 Å². The third kappa shape index (κ3) is 3.56. The van der Waals surface area contributed by atoms with Crippen molar-refractivity contribution in [2.45, 2.75) is 45.6 Å². The number of ether oxygens (including phenoxy) is 1. The van der Waals surface area contributed by atoms with Crippen molar-refractivity contribution in [1.29, 1.82) is 0 Å². The molecule has 3 nitrogen and oxygen atoms in total. The van der Waals surface area contributed by atoms with Gasteiger partial charge in [-0.05, 0) is 40.0 Å². The van der Waals surface area contributed by atoms with Gasteiger partial charge in [-0.25, -0.2) is 0 Å². The van der Waals surface area contributed by atoms with Crippen LogP contribution in [0.3, 0.4) is 0 Å². The Kier molecular flexibility index (Phi) is 3.41. The number of rotatable bonds is 1. The first-order valence-corrected chi connectivity index (χ1v) is 5.23. The molecule has 0 spiro atoms. The normalized spacial score (nSPS) is 18.4. The first-order valence-electron chi connectivity index (χ1n) is 5.23. The summed E-state index contributed by atoms with van der Waals surface area (Å²) in [6, 6.07) is 0. The van der Waals surface area contributed by atoms with E-state index < -0.39 is 11.0 Å². The molecular weight excluding hydrogens is 192 g/mol. The van der Waals surface area contributed by atoms with E-state index in [9.17, 15) is 9.90 Å². The molecular formula is C12H18O3. The first kappa shape index (κ1) is 12.1. The summed E-state index contributed by atoms with van der Waals surface area (Å²) >= 11 is 0. The number of hydrogen-bond acceptors (Lipinski definition) is 3. The molecule has 0 heterocycles. The van der Waals surface area contributed by atoms with Crippen LogP contribution in [0.25, 0.3) is 0 Å². The maximum atomic E-state index is 11.3. The average molecular weight is 210 g/mol. The zero-order valence-corrected chi connectivity index (χ0v) is 9.59. The fourth-order valence-electron chi connectivity index (χ4n) is 1.16. The molecule has 0 aliphatic heterocycles. The van der Waals surface area contributed by atoms with E-state index in [4.69, 9.17) is 4.74 Å². The van der Waals surface area contributed by atoms with Crippen molar-refractivity contribution in [2.24, 2.45) is 5.41 Å². The Bertz CT molecular complexity index is 297. The highest BCUT2D eigenvalue weighted by molar-refractivity contribution is 5.75. The van der Waals surface area contributed by atoms with Crippen molar-refractivity contribution in [3.8, 4) is 11.8 Å². The number of carbonyl (C=O) groups excluding carboxylic acids is 1.